The van der Waals surface area contributed by atoms with Crippen LogP contribution in [0.1, 0.15) is 50.9 Å². The van der Waals surface area contributed by atoms with Gasteiger partial charge < -0.3 is 9.47 Å². The van der Waals surface area contributed by atoms with Crippen molar-refractivity contribution in [3.63, 3.8) is 0 Å². The van der Waals surface area contributed by atoms with Gasteiger partial charge in [0, 0.05) is 16.6 Å². The van der Waals surface area contributed by atoms with Crippen molar-refractivity contribution in [1.82, 2.24) is 4.90 Å². The van der Waals surface area contributed by atoms with Crippen LogP contribution in [0.3, 0.4) is 0 Å². The van der Waals surface area contributed by atoms with E-state index in [9.17, 15) is 14.4 Å². The highest BCUT2D eigenvalue weighted by Crippen LogP contribution is 2.28. The Kier molecular flexibility index (Phi) is 7.03. The van der Waals surface area contributed by atoms with Gasteiger partial charge in [0.25, 0.3) is 0 Å². The fraction of sp³-hybridized carbons (Fsp3) is 0.550. The summed E-state index contributed by atoms with van der Waals surface area (Å²) in [6.45, 7) is 7.46. The van der Waals surface area contributed by atoms with Crippen LogP contribution in [0.15, 0.2) is 28.7 Å². The number of likely N-dealkylation sites (tertiary alicyclic amines) is 1. The summed E-state index contributed by atoms with van der Waals surface area (Å²) >= 11 is 3.31. The Labute approximate surface area is 168 Å². The number of rotatable bonds is 5. The van der Waals surface area contributed by atoms with Gasteiger partial charge in [-0.2, -0.15) is 0 Å². The van der Waals surface area contributed by atoms with Crippen molar-refractivity contribution in [2.24, 2.45) is 5.92 Å². The van der Waals surface area contributed by atoms with Crippen LogP contribution in [-0.4, -0.2) is 47.5 Å². The first-order valence-corrected chi connectivity index (χ1v) is 9.85. The van der Waals surface area contributed by atoms with E-state index in [1.807, 2.05) is 6.92 Å². The number of hydrogen-bond donors (Lipinski definition) is 0. The molecule has 1 saturated heterocycles. The third-order valence-corrected chi connectivity index (χ3v) is 4.91. The number of amides is 1. The monoisotopic (exact) mass is 439 g/mol. The Morgan fingerprint density at radius 1 is 1.19 bits per heavy atom. The number of nitrogens with zero attached hydrogens (tertiary/aromatic N) is 1. The SMILES string of the molecule is CC[C@H]1C[C@@H](C(=O)OCC(=O)c2ccc(Br)cc2)N(C(=O)OC(C)(C)C)C1. The average Bonchev–Trinajstić information content (AvgIpc) is 3.03. The molecule has 0 saturated carbocycles. The van der Waals surface area contributed by atoms with Gasteiger partial charge in [-0.05, 0) is 45.2 Å². The average molecular weight is 440 g/mol. The Bertz CT molecular complexity index is 695. The van der Waals surface area contributed by atoms with E-state index >= 15 is 0 Å². The molecule has 0 aromatic heterocycles. The lowest BCUT2D eigenvalue weighted by Gasteiger charge is -2.27. The molecule has 0 N–H and O–H groups in total. The molecular weight excluding hydrogens is 414 g/mol. The first kappa shape index (κ1) is 21.4. The minimum absolute atomic E-state index is 0.206. The maximum atomic E-state index is 12.5. The van der Waals surface area contributed by atoms with Crippen LogP contribution in [0.2, 0.25) is 0 Å². The summed E-state index contributed by atoms with van der Waals surface area (Å²) < 4.78 is 11.5. The molecule has 1 fully saturated rings. The summed E-state index contributed by atoms with van der Waals surface area (Å²) in [7, 11) is 0. The number of carbonyl (C=O) groups excluding carboxylic acids is 3. The molecule has 2 atom stereocenters. The van der Waals surface area contributed by atoms with Gasteiger partial charge in [-0.15, -0.1) is 0 Å². The highest BCUT2D eigenvalue weighted by atomic mass is 79.9. The number of carbonyl (C=O) groups is 3. The van der Waals surface area contributed by atoms with Gasteiger partial charge in [-0.25, -0.2) is 9.59 Å². The van der Waals surface area contributed by atoms with Gasteiger partial charge in [0.2, 0.25) is 0 Å². The summed E-state index contributed by atoms with van der Waals surface area (Å²) in [5, 5.41) is 0. The molecule has 0 aliphatic carbocycles. The van der Waals surface area contributed by atoms with Gasteiger partial charge >= 0.3 is 12.1 Å². The number of benzene rings is 1. The van der Waals surface area contributed by atoms with E-state index in [-0.39, 0.29) is 18.3 Å². The van der Waals surface area contributed by atoms with Crippen LogP contribution in [0.5, 0.6) is 0 Å². The molecule has 0 unspecified atom stereocenters. The predicted octanol–water partition coefficient (Wildman–Crippen LogP) is 4.21. The van der Waals surface area contributed by atoms with Crippen molar-refractivity contribution in [3.05, 3.63) is 34.3 Å². The first-order chi connectivity index (χ1) is 12.6. The molecule has 1 aliphatic heterocycles. The van der Waals surface area contributed by atoms with Crippen molar-refractivity contribution in [3.8, 4) is 0 Å². The van der Waals surface area contributed by atoms with E-state index < -0.39 is 23.7 Å². The van der Waals surface area contributed by atoms with Crippen molar-refractivity contribution in [2.45, 2.75) is 52.2 Å². The molecule has 1 heterocycles. The molecule has 1 aliphatic rings. The number of hydrogen-bond acceptors (Lipinski definition) is 5. The number of ketones is 1. The zero-order valence-electron chi connectivity index (χ0n) is 16.2. The van der Waals surface area contributed by atoms with E-state index in [0.29, 0.717) is 18.5 Å². The molecular formula is C20H26BrNO5. The third-order valence-electron chi connectivity index (χ3n) is 4.38. The molecule has 27 heavy (non-hydrogen) atoms. The first-order valence-electron chi connectivity index (χ1n) is 9.05. The van der Waals surface area contributed by atoms with Crippen LogP contribution < -0.4 is 0 Å². The normalized spacial score (nSPS) is 19.7. The second-order valence-electron chi connectivity index (χ2n) is 7.70. The maximum absolute atomic E-state index is 12.5. The molecule has 2 rings (SSSR count). The van der Waals surface area contributed by atoms with Gasteiger partial charge in [-0.3, -0.25) is 9.69 Å². The lowest BCUT2D eigenvalue weighted by Crippen LogP contribution is -2.44. The molecule has 148 valence electrons. The maximum Gasteiger partial charge on any atom is 0.411 e. The second-order valence-corrected chi connectivity index (χ2v) is 8.61. The zero-order valence-corrected chi connectivity index (χ0v) is 17.7. The largest absolute Gasteiger partial charge is 0.456 e. The van der Waals surface area contributed by atoms with Crippen LogP contribution in [0.4, 0.5) is 4.79 Å². The molecule has 1 aromatic rings. The number of halogens is 1. The fourth-order valence-electron chi connectivity index (χ4n) is 2.92. The Morgan fingerprint density at radius 2 is 1.81 bits per heavy atom. The van der Waals surface area contributed by atoms with Crippen LogP contribution >= 0.6 is 15.9 Å². The quantitative estimate of drug-likeness (QED) is 0.507. The van der Waals surface area contributed by atoms with E-state index in [2.05, 4.69) is 15.9 Å². The second kappa shape index (κ2) is 8.87. The van der Waals surface area contributed by atoms with Gasteiger partial charge in [0.15, 0.2) is 12.4 Å². The molecule has 1 aromatic carbocycles. The molecule has 0 bridgehead atoms. The van der Waals surface area contributed by atoms with Gasteiger partial charge in [-0.1, -0.05) is 41.4 Å². The van der Waals surface area contributed by atoms with Crippen molar-refractivity contribution in [2.75, 3.05) is 13.2 Å². The summed E-state index contributed by atoms with van der Waals surface area (Å²) in [6, 6.07) is 6.11. The van der Waals surface area contributed by atoms with Crippen molar-refractivity contribution >= 4 is 33.8 Å². The van der Waals surface area contributed by atoms with Gasteiger partial charge in [0.1, 0.15) is 11.6 Å². The molecule has 6 nitrogen and oxygen atoms in total. The van der Waals surface area contributed by atoms with Gasteiger partial charge in [0.05, 0.1) is 0 Å². The lowest BCUT2D eigenvalue weighted by molar-refractivity contribution is -0.147. The van der Waals surface area contributed by atoms with Crippen molar-refractivity contribution < 1.29 is 23.9 Å². The minimum atomic E-state index is -0.720. The topological polar surface area (TPSA) is 72.9 Å². The summed E-state index contributed by atoms with van der Waals surface area (Å²) in [5.41, 5.74) is -0.180. The number of esters is 1. The summed E-state index contributed by atoms with van der Waals surface area (Å²) in [5.74, 6) is -0.649. The summed E-state index contributed by atoms with van der Waals surface area (Å²) in [4.78, 5) is 38.6. The van der Waals surface area contributed by atoms with Crippen LogP contribution in [0, 0.1) is 5.92 Å². The van der Waals surface area contributed by atoms with Crippen molar-refractivity contribution in [1.29, 1.82) is 0 Å². The minimum Gasteiger partial charge on any atom is -0.456 e. The Hall–Kier alpha value is -1.89. The molecule has 0 spiro atoms. The molecule has 0 radical (unpaired) electrons. The lowest BCUT2D eigenvalue weighted by atomic mass is 10.0. The van der Waals surface area contributed by atoms with Crippen LogP contribution in [-0.2, 0) is 14.3 Å². The smallest absolute Gasteiger partial charge is 0.411 e. The number of Topliss-reactive ketones (excluding diaryl/α,β-unsaturated/α-hetero) is 1. The fourth-order valence-corrected chi connectivity index (χ4v) is 3.18. The standard InChI is InChI=1S/C20H26BrNO5/c1-5-13-10-16(22(11-13)19(25)27-20(2,3)4)18(24)26-12-17(23)14-6-8-15(21)9-7-14/h6-9,13,16H,5,10-12H2,1-4H3/t13-,16-/m0/s1. The van der Waals surface area contributed by atoms with E-state index in [4.69, 9.17) is 9.47 Å². The highest BCUT2D eigenvalue weighted by Gasteiger charge is 2.41. The highest BCUT2D eigenvalue weighted by molar-refractivity contribution is 9.10. The van der Waals surface area contributed by atoms with E-state index in [1.54, 1.807) is 45.0 Å². The zero-order chi connectivity index (χ0) is 20.2. The Morgan fingerprint density at radius 3 is 2.37 bits per heavy atom. The summed E-state index contributed by atoms with van der Waals surface area (Å²) in [6.07, 6.45) is 0.835. The van der Waals surface area contributed by atoms with E-state index in [1.165, 1.54) is 4.90 Å². The van der Waals surface area contributed by atoms with E-state index in [0.717, 1.165) is 10.9 Å². The molecule has 7 heteroatoms. The third kappa shape index (κ3) is 6.06. The predicted molar refractivity (Wildman–Crippen MR) is 105 cm³/mol. The molecule has 1 amide bonds. The number of ether oxygens (including phenoxy) is 2. The van der Waals surface area contributed by atoms with Crippen LogP contribution in [0.25, 0.3) is 0 Å². The Balaban J connectivity index is 2.00.